The van der Waals surface area contributed by atoms with E-state index in [1.807, 2.05) is 34.6 Å². The Bertz CT molecular complexity index is 631. The van der Waals surface area contributed by atoms with Gasteiger partial charge in [0.2, 0.25) is 5.91 Å². The first-order valence-electron chi connectivity index (χ1n) is 12.6. The highest BCUT2D eigenvalue weighted by Crippen LogP contribution is 2.39. The Balaban J connectivity index is 3.13. The van der Waals surface area contributed by atoms with E-state index in [1.165, 1.54) is 0 Å². The van der Waals surface area contributed by atoms with E-state index in [-0.39, 0.29) is 23.3 Å². The molecule has 1 amide bonds. The molecule has 0 heterocycles. The molecule has 5 N–H and O–H groups in total. The van der Waals surface area contributed by atoms with Crippen LogP contribution >= 0.6 is 0 Å². The minimum Gasteiger partial charge on any atom is -0.390 e. The van der Waals surface area contributed by atoms with Gasteiger partial charge in [-0.2, -0.15) is 0 Å². The largest absolute Gasteiger partial charge is 0.390 e. The number of carbonyl (C=O) groups excluding carboxylic acids is 1. The summed E-state index contributed by atoms with van der Waals surface area (Å²) in [6, 6.07) is -0.774. The van der Waals surface area contributed by atoms with Gasteiger partial charge in [-0.3, -0.25) is 4.79 Å². The molecular weight excluding hydrogens is 438 g/mol. The average molecular weight is 490 g/mol. The zero-order chi connectivity index (χ0) is 26.5. The molecule has 0 aliphatic heterocycles. The third-order valence-corrected chi connectivity index (χ3v) is 6.69. The van der Waals surface area contributed by atoms with Gasteiger partial charge in [-0.15, -0.1) is 0 Å². The third-order valence-electron chi connectivity index (χ3n) is 6.69. The van der Waals surface area contributed by atoms with E-state index in [2.05, 4.69) is 26.1 Å². The summed E-state index contributed by atoms with van der Waals surface area (Å²) in [5.41, 5.74) is -0.763. The molecule has 1 fully saturated rings. The highest BCUT2D eigenvalue weighted by molar-refractivity contribution is 5.76. The van der Waals surface area contributed by atoms with E-state index in [9.17, 15) is 25.2 Å². The van der Waals surface area contributed by atoms with Gasteiger partial charge in [0.05, 0.1) is 31.0 Å². The molecule has 1 rings (SSSR count). The number of amides is 1. The van der Waals surface area contributed by atoms with Crippen molar-refractivity contribution in [2.75, 3.05) is 13.7 Å². The molecule has 1 aliphatic rings. The number of carbonyl (C=O) groups is 1. The summed E-state index contributed by atoms with van der Waals surface area (Å²) in [6.07, 6.45) is -3.56. The molecule has 0 aromatic rings. The van der Waals surface area contributed by atoms with Crippen molar-refractivity contribution in [2.24, 2.45) is 16.2 Å². The molecule has 7 unspecified atom stereocenters. The van der Waals surface area contributed by atoms with Crippen molar-refractivity contribution in [1.82, 2.24) is 5.32 Å². The van der Waals surface area contributed by atoms with Crippen LogP contribution < -0.4 is 5.32 Å². The molecule has 7 atom stereocenters. The number of ether oxygens (including phenoxy) is 2. The number of aliphatic hydroxyl groups excluding tert-OH is 4. The summed E-state index contributed by atoms with van der Waals surface area (Å²) >= 11 is 0. The fourth-order valence-electron chi connectivity index (χ4n) is 5.60. The lowest BCUT2D eigenvalue weighted by Crippen LogP contribution is -2.56. The number of hydrogen-bond acceptors (Lipinski definition) is 7. The number of rotatable bonds is 11. The lowest BCUT2D eigenvalue weighted by atomic mass is 9.71. The Kier molecular flexibility index (Phi) is 11.5. The SMILES string of the molecule is CCCC(=O)NC(COC1CC(C)(C)CC(O)C(O)C1O)C(O)C(OC)C(C)(C)CC(C)(C)C. The standard InChI is InChI=1S/C26H51NO7/c1-10-11-19(29)27-16(20(30)23(33-9)26(7,8)15-24(2,3)4)14-34-18-13-25(5,6)12-17(28)21(31)22(18)32/h16-18,20-23,28,30-32H,10-15H2,1-9H3,(H,27,29). The summed E-state index contributed by atoms with van der Waals surface area (Å²) in [4.78, 5) is 12.5. The minimum atomic E-state index is -1.33. The Morgan fingerprint density at radius 3 is 2.18 bits per heavy atom. The quantitative estimate of drug-likeness (QED) is 0.282. The minimum absolute atomic E-state index is 0.00443. The molecule has 1 saturated carbocycles. The molecular formula is C26H51NO7. The lowest BCUT2D eigenvalue weighted by Gasteiger charge is -2.42. The first kappa shape index (κ1) is 31.3. The summed E-state index contributed by atoms with van der Waals surface area (Å²) < 4.78 is 11.8. The van der Waals surface area contributed by atoms with Gasteiger partial charge in [-0.1, -0.05) is 55.4 Å². The molecule has 0 aromatic heterocycles. The first-order chi connectivity index (χ1) is 15.4. The number of aliphatic hydroxyl groups is 4. The maximum Gasteiger partial charge on any atom is 0.220 e. The van der Waals surface area contributed by atoms with E-state index >= 15 is 0 Å². The van der Waals surface area contributed by atoms with E-state index in [0.717, 1.165) is 6.42 Å². The highest BCUT2D eigenvalue weighted by atomic mass is 16.5. The van der Waals surface area contributed by atoms with Gasteiger partial charge >= 0.3 is 0 Å². The van der Waals surface area contributed by atoms with Crippen molar-refractivity contribution in [3.8, 4) is 0 Å². The van der Waals surface area contributed by atoms with Crippen LogP contribution in [0, 0.1) is 16.2 Å². The fourth-order valence-corrected chi connectivity index (χ4v) is 5.60. The first-order valence-corrected chi connectivity index (χ1v) is 12.6. The summed E-state index contributed by atoms with van der Waals surface area (Å²) in [5, 5.41) is 45.5. The maximum atomic E-state index is 12.5. The Hall–Kier alpha value is -0.770. The van der Waals surface area contributed by atoms with Crippen molar-refractivity contribution >= 4 is 5.91 Å². The Morgan fingerprint density at radius 1 is 1.09 bits per heavy atom. The van der Waals surface area contributed by atoms with Crippen LogP contribution in [-0.2, 0) is 14.3 Å². The fraction of sp³-hybridized carbons (Fsp3) is 0.962. The van der Waals surface area contributed by atoms with Crippen molar-refractivity contribution in [1.29, 1.82) is 0 Å². The van der Waals surface area contributed by atoms with E-state index in [1.54, 1.807) is 7.11 Å². The average Bonchev–Trinajstić information content (AvgIpc) is 2.73. The molecule has 34 heavy (non-hydrogen) atoms. The molecule has 0 bridgehead atoms. The van der Waals surface area contributed by atoms with Crippen LogP contribution in [0.3, 0.4) is 0 Å². The topological polar surface area (TPSA) is 128 Å². The normalized spacial score (nSPS) is 28.6. The van der Waals surface area contributed by atoms with Crippen molar-refractivity contribution in [3.63, 3.8) is 0 Å². The number of nitrogens with one attached hydrogen (secondary N) is 1. The molecule has 8 heteroatoms. The van der Waals surface area contributed by atoms with Crippen LogP contribution in [0.5, 0.6) is 0 Å². The molecule has 1 aliphatic carbocycles. The van der Waals surface area contributed by atoms with Gasteiger partial charge in [-0.05, 0) is 41.9 Å². The predicted octanol–water partition coefficient (Wildman–Crippen LogP) is 2.40. The smallest absolute Gasteiger partial charge is 0.220 e. The van der Waals surface area contributed by atoms with Gasteiger partial charge in [0.25, 0.3) is 0 Å². The van der Waals surface area contributed by atoms with E-state index in [0.29, 0.717) is 25.7 Å². The van der Waals surface area contributed by atoms with Crippen LogP contribution in [0.15, 0.2) is 0 Å². The second kappa shape index (κ2) is 12.5. The summed E-state index contributed by atoms with van der Waals surface area (Å²) in [7, 11) is 1.55. The van der Waals surface area contributed by atoms with Gasteiger partial charge in [-0.25, -0.2) is 0 Å². The van der Waals surface area contributed by atoms with Crippen LogP contribution in [0.25, 0.3) is 0 Å². The summed E-state index contributed by atoms with van der Waals surface area (Å²) in [5.74, 6) is -0.198. The van der Waals surface area contributed by atoms with Crippen LogP contribution in [0.1, 0.15) is 87.5 Å². The molecule has 0 saturated heterocycles. The van der Waals surface area contributed by atoms with Crippen molar-refractivity contribution < 1.29 is 34.7 Å². The van der Waals surface area contributed by atoms with Crippen molar-refractivity contribution in [3.05, 3.63) is 0 Å². The van der Waals surface area contributed by atoms with Gasteiger partial charge in [0.1, 0.15) is 18.3 Å². The Morgan fingerprint density at radius 2 is 1.68 bits per heavy atom. The van der Waals surface area contributed by atoms with Gasteiger partial charge in [0.15, 0.2) is 0 Å². The molecule has 8 nitrogen and oxygen atoms in total. The van der Waals surface area contributed by atoms with Gasteiger partial charge < -0.3 is 35.2 Å². The van der Waals surface area contributed by atoms with Crippen LogP contribution in [0.2, 0.25) is 0 Å². The summed E-state index contributed by atoms with van der Waals surface area (Å²) in [6.45, 7) is 16.2. The second-order valence-corrected chi connectivity index (χ2v) is 12.8. The number of methoxy groups -OCH3 is 1. The molecule has 0 radical (unpaired) electrons. The van der Waals surface area contributed by atoms with E-state index < -0.39 is 48.1 Å². The predicted molar refractivity (Wildman–Crippen MR) is 132 cm³/mol. The molecule has 0 spiro atoms. The molecule has 202 valence electrons. The van der Waals surface area contributed by atoms with Crippen LogP contribution in [0.4, 0.5) is 0 Å². The second-order valence-electron chi connectivity index (χ2n) is 12.8. The Labute approximate surface area is 206 Å². The zero-order valence-corrected chi connectivity index (χ0v) is 22.8. The zero-order valence-electron chi connectivity index (χ0n) is 22.8. The highest BCUT2D eigenvalue weighted by Gasteiger charge is 2.44. The van der Waals surface area contributed by atoms with Crippen LogP contribution in [-0.4, -0.2) is 82.7 Å². The monoisotopic (exact) mass is 489 g/mol. The van der Waals surface area contributed by atoms with Crippen molar-refractivity contribution in [2.45, 2.75) is 130 Å². The lowest BCUT2D eigenvalue weighted by molar-refractivity contribution is -0.142. The third kappa shape index (κ3) is 9.36. The number of hydrogen-bond donors (Lipinski definition) is 5. The molecule has 0 aromatic carbocycles. The maximum absolute atomic E-state index is 12.5. The van der Waals surface area contributed by atoms with Gasteiger partial charge in [0, 0.05) is 13.5 Å². The van der Waals surface area contributed by atoms with E-state index in [4.69, 9.17) is 9.47 Å².